The number of anilines is 3. The van der Waals surface area contributed by atoms with Crippen molar-refractivity contribution in [1.29, 1.82) is 0 Å². The molecule has 2 unspecified atom stereocenters. The zero-order valence-corrected chi connectivity index (χ0v) is 52.2. The molecule has 8 amide bonds. The monoisotopic (exact) mass is 1250 g/mol. The van der Waals surface area contributed by atoms with Gasteiger partial charge in [0.2, 0.25) is 0 Å². The van der Waals surface area contributed by atoms with Crippen LogP contribution in [0.25, 0.3) is 0 Å². The van der Waals surface area contributed by atoms with Gasteiger partial charge in [-0.2, -0.15) is 26.3 Å². The normalized spacial score (nSPS) is 16.4. The predicted octanol–water partition coefficient (Wildman–Crippen LogP) is 15.2. The van der Waals surface area contributed by atoms with Gasteiger partial charge in [0.1, 0.15) is 10.8 Å². The van der Waals surface area contributed by atoms with Crippen molar-refractivity contribution in [2.45, 2.75) is 110 Å². The Balaban J connectivity index is 0.815. The van der Waals surface area contributed by atoms with Gasteiger partial charge in [0.15, 0.2) is 0 Å². The fourth-order valence-corrected chi connectivity index (χ4v) is 13.5. The van der Waals surface area contributed by atoms with E-state index in [4.69, 9.17) is 0 Å². The number of alkyl halides is 6. The van der Waals surface area contributed by atoms with Crippen LogP contribution in [0.2, 0.25) is 0 Å². The van der Waals surface area contributed by atoms with Crippen LogP contribution in [0.3, 0.4) is 0 Å². The molecule has 2 atom stereocenters. The van der Waals surface area contributed by atoms with Gasteiger partial charge in [0, 0.05) is 17.9 Å². The van der Waals surface area contributed by atoms with Crippen molar-refractivity contribution in [2.75, 3.05) is 21.7 Å². The lowest BCUT2D eigenvalue weighted by Gasteiger charge is -2.33. The standard InChI is InChI=1S/C74H60F6N4O8/c1-37-16-18-42(19-17-37)69(6,7)44-14-13-15-45(32-44)70(8,9)43-20-26-50(27-21-43)82-63(87)52-29-23-47(34-56(52)66(82)90)72(11,74(78,79)80)49-25-31-54-58(36-49)68(92)84(65(54)89)60-40(4)38(2)59(39(3)41(60)5)83-64(88)53-30-24-48(35-57(53)67(83)91)71(10,73(75,76)77)46-22-28-51-55(33-46)62(86)81(12)61(51)85/h13-36H,1-12H3. The summed E-state index contributed by atoms with van der Waals surface area (Å²) in [5.74, 6) is -6.79. The Morgan fingerprint density at radius 3 is 0.913 bits per heavy atom. The van der Waals surface area contributed by atoms with Crippen LogP contribution in [0.4, 0.5) is 43.4 Å². The maximum absolute atomic E-state index is 16.0. The third-order valence-electron chi connectivity index (χ3n) is 20.1. The summed E-state index contributed by atoms with van der Waals surface area (Å²) in [6, 6.07) is 36.5. The average molecular weight is 1250 g/mol. The molecule has 0 N–H and O–H groups in total. The molecule has 0 fully saturated rings. The van der Waals surface area contributed by atoms with Crippen LogP contribution < -0.4 is 14.7 Å². The molecule has 0 saturated carbocycles. The number of nitrogens with zero attached hydrogens (tertiary/aromatic N) is 4. The molecule has 0 saturated heterocycles. The highest BCUT2D eigenvalue weighted by atomic mass is 19.4. The molecule has 12 rings (SSSR count). The fraction of sp³-hybridized carbons (Fsp3) is 0.243. The largest absolute Gasteiger partial charge is 0.402 e. The minimum Gasteiger partial charge on any atom is -0.277 e. The van der Waals surface area contributed by atoms with E-state index in [0.717, 1.165) is 128 Å². The van der Waals surface area contributed by atoms with Gasteiger partial charge in [-0.25, -0.2) is 14.7 Å². The van der Waals surface area contributed by atoms with Crippen LogP contribution >= 0.6 is 0 Å². The van der Waals surface area contributed by atoms with Gasteiger partial charge in [-0.3, -0.25) is 43.3 Å². The number of aryl methyl sites for hydroxylation is 1. The second kappa shape index (κ2) is 20.7. The molecule has 0 radical (unpaired) electrons. The van der Waals surface area contributed by atoms with Crippen molar-refractivity contribution in [3.8, 4) is 0 Å². The van der Waals surface area contributed by atoms with Gasteiger partial charge in [-0.05, 0) is 176 Å². The summed E-state index contributed by atoms with van der Waals surface area (Å²) < 4.78 is 94.2. The molecule has 92 heavy (non-hydrogen) atoms. The Kier molecular flexibility index (Phi) is 14.0. The smallest absolute Gasteiger partial charge is 0.277 e. The van der Waals surface area contributed by atoms with Crippen molar-refractivity contribution in [3.63, 3.8) is 0 Å². The molecular weight excluding hydrogens is 1190 g/mol. The summed E-state index contributed by atoms with van der Waals surface area (Å²) in [7, 11) is 1.21. The zero-order valence-electron chi connectivity index (χ0n) is 52.2. The van der Waals surface area contributed by atoms with E-state index in [0.29, 0.717) is 0 Å². The number of hydrogen-bond donors (Lipinski definition) is 0. The van der Waals surface area contributed by atoms with Crippen molar-refractivity contribution >= 4 is 64.3 Å². The van der Waals surface area contributed by atoms with Gasteiger partial charge < -0.3 is 0 Å². The topological polar surface area (TPSA) is 150 Å². The molecule has 0 aromatic heterocycles. The van der Waals surface area contributed by atoms with Crippen LogP contribution in [0.1, 0.15) is 197 Å². The molecule has 4 aliphatic rings. The van der Waals surface area contributed by atoms with Crippen molar-refractivity contribution < 1.29 is 64.7 Å². The zero-order chi connectivity index (χ0) is 66.8. The van der Waals surface area contributed by atoms with Gasteiger partial charge >= 0.3 is 12.4 Å². The summed E-state index contributed by atoms with van der Waals surface area (Å²) in [6.45, 7) is 18.3. The molecular formula is C74H60F6N4O8. The van der Waals surface area contributed by atoms with Gasteiger partial charge in [0.05, 0.1) is 61.6 Å². The Bertz CT molecular complexity index is 4650. The first kappa shape index (κ1) is 62.1. The van der Waals surface area contributed by atoms with E-state index < -0.39 is 98.1 Å². The highest BCUT2D eigenvalue weighted by Gasteiger charge is 2.57. The predicted molar refractivity (Wildman–Crippen MR) is 334 cm³/mol. The van der Waals surface area contributed by atoms with Crippen LogP contribution in [0.5, 0.6) is 0 Å². The van der Waals surface area contributed by atoms with Crippen LogP contribution in [-0.2, 0) is 21.7 Å². The van der Waals surface area contributed by atoms with Gasteiger partial charge in [-0.1, -0.05) is 118 Å². The molecule has 0 spiro atoms. The third-order valence-corrected chi connectivity index (χ3v) is 20.1. The highest BCUT2D eigenvalue weighted by molar-refractivity contribution is 6.37. The molecule has 18 heteroatoms. The van der Waals surface area contributed by atoms with E-state index in [1.807, 2.05) is 31.2 Å². The highest BCUT2D eigenvalue weighted by Crippen LogP contribution is 2.52. The number of amides is 8. The lowest BCUT2D eigenvalue weighted by atomic mass is 9.73. The molecule has 0 bridgehead atoms. The first-order valence-corrected chi connectivity index (χ1v) is 29.6. The minimum absolute atomic E-state index is 0.0174. The van der Waals surface area contributed by atoms with E-state index in [-0.39, 0.29) is 89.2 Å². The Labute approximate surface area is 526 Å². The SMILES string of the molecule is Cc1ccc(C(C)(C)c2cccc(C(C)(C)c3ccc(N4C(=O)c5ccc(C(C)(c6ccc7c(c6)C(=O)N(c6c(C)c(C)c(N8C(=O)c9ccc(C(C)(c%10ccc%11c(c%10)C(=O)N(C)C%11=O)C(F)(F)F)cc9C8=O)c(C)c6C)C7=O)C(F)(F)F)cc5C4=O)cc3)c2)cc1. The van der Waals surface area contributed by atoms with Crippen LogP contribution in [0, 0.1) is 34.6 Å². The Morgan fingerprint density at radius 1 is 0.293 bits per heavy atom. The first-order chi connectivity index (χ1) is 43.0. The number of hydrogen-bond acceptors (Lipinski definition) is 8. The maximum atomic E-state index is 16.0. The van der Waals surface area contributed by atoms with Crippen LogP contribution in [0.15, 0.2) is 146 Å². The molecule has 0 aliphatic carbocycles. The maximum Gasteiger partial charge on any atom is 0.402 e. The van der Waals surface area contributed by atoms with E-state index in [9.17, 15) is 38.4 Å². The fourth-order valence-electron chi connectivity index (χ4n) is 13.5. The van der Waals surface area contributed by atoms with Gasteiger partial charge in [-0.15, -0.1) is 0 Å². The summed E-state index contributed by atoms with van der Waals surface area (Å²) in [5, 5.41) is 0. The second-order valence-electron chi connectivity index (χ2n) is 25.7. The summed E-state index contributed by atoms with van der Waals surface area (Å²) in [6.07, 6.45) is -10.1. The number of benzene rings is 8. The Hall–Kier alpha value is -10.1. The number of fused-ring (bicyclic) bond motifs is 4. The van der Waals surface area contributed by atoms with E-state index in [1.165, 1.54) is 40.8 Å². The van der Waals surface area contributed by atoms with Gasteiger partial charge in [0.25, 0.3) is 47.3 Å². The number of rotatable bonds is 11. The van der Waals surface area contributed by atoms with E-state index >= 15 is 26.3 Å². The van der Waals surface area contributed by atoms with E-state index in [1.54, 1.807) is 12.1 Å². The third kappa shape index (κ3) is 8.79. The lowest BCUT2D eigenvalue weighted by molar-refractivity contribution is -0.173. The quantitative estimate of drug-likeness (QED) is 0.0918. The van der Waals surface area contributed by atoms with E-state index in [2.05, 4.69) is 64.1 Å². The molecule has 8 aromatic rings. The number of carbonyl (C=O) groups is 8. The lowest BCUT2D eigenvalue weighted by Crippen LogP contribution is -2.41. The summed E-state index contributed by atoms with van der Waals surface area (Å²) in [4.78, 5) is 115. The molecule has 8 aromatic carbocycles. The van der Waals surface area contributed by atoms with Crippen molar-refractivity contribution in [3.05, 3.63) is 262 Å². The second-order valence-corrected chi connectivity index (χ2v) is 25.7. The van der Waals surface area contributed by atoms with Crippen molar-refractivity contribution in [2.24, 2.45) is 0 Å². The summed E-state index contributed by atoms with van der Waals surface area (Å²) in [5.41, 5.74) is -3.87. The number of halogens is 6. The Morgan fingerprint density at radius 2 is 0.565 bits per heavy atom. The molecule has 4 aliphatic heterocycles. The van der Waals surface area contributed by atoms with Crippen molar-refractivity contribution in [1.82, 2.24) is 4.90 Å². The summed E-state index contributed by atoms with van der Waals surface area (Å²) >= 11 is 0. The molecule has 12 nitrogen and oxygen atoms in total. The first-order valence-electron chi connectivity index (χ1n) is 29.6. The molecule has 4 heterocycles. The minimum atomic E-state index is -5.10. The molecule has 466 valence electrons. The number of imide groups is 4. The average Bonchev–Trinajstić information content (AvgIpc) is 1.51. The van der Waals surface area contributed by atoms with Crippen LogP contribution in [-0.4, -0.2) is 71.6 Å². The number of carbonyl (C=O) groups excluding carboxylic acids is 8.